The Kier molecular flexibility index (Phi) is 4.89. The zero-order valence-corrected chi connectivity index (χ0v) is 15.3. The largest absolute Gasteiger partial charge is 0.459 e. The van der Waals surface area contributed by atoms with Gasteiger partial charge in [0.25, 0.3) is 5.91 Å². The summed E-state index contributed by atoms with van der Waals surface area (Å²) in [5.74, 6) is 0.118. The molecule has 3 aromatic rings. The van der Waals surface area contributed by atoms with Gasteiger partial charge in [-0.25, -0.2) is 4.98 Å². The highest BCUT2D eigenvalue weighted by Crippen LogP contribution is 2.33. The first-order chi connectivity index (χ1) is 11.5. The Labute approximate surface area is 149 Å². The number of carbonyl (C=O) groups excluding carboxylic acids is 1. The second-order valence-electron chi connectivity index (χ2n) is 5.80. The zero-order valence-electron chi connectivity index (χ0n) is 13.7. The Morgan fingerprint density at radius 2 is 2.12 bits per heavy atom. The number of furan rings is 1. The van der Waals surface area contributed by atoms with E-state index in [1.54, 1.807) is 17.0 Å². The number of aromatic nitrogens is 1. The normalized spacial score (nSPS) is 11.4. The van der Waals surface area contributed by atoms with Crippen molar-refractivity contribution in [2.24, 2.45) is 0 Å². The molecule has 1 amide bonds. The quantitative estimate of drug-likeness (QED) is 0.686. The van der Waals surface area contributed by atoms with Gasteiger partial charge in [0.05, 0.1) is 16.5 Å². The summed E-state index contributed by atoms with van der Waals surface area (Å²) in [6.45, 7) is 3.22. The van der Waals surface area contributed by atoms with Crippen LogP contribution in [0.2, 0.25) is 5.02 Å². The van der Waals surface area contributed by atoms with E-state index >= 15 is 0 Å². The van der Waals surface area contributed by atoms with E-state index in [0.717, 1.165) is 22.3 Å². The van der Waals surface area contributed by atoms with E-state index < -0.39 is 0 Å². The molecule has 0 aliphatic carbocycles. The third-order valence-corrected chi connectivity index (χ3v) is 4.86. The first-order valence-electron chi connectivity index (χ1n) is 7.52. The van der Waals surface area contributed by atoms with E-state index in [-0.39, 0.29) is 5.91 Å². The number of nitrogens with zero attached hydrogens (tertiary/aromatic N) is 3. The molecule has 24 heavy (non-hydrogen) atoms. The Bertz CT molecular complexity index is 858. The number of halogens is 1. The average Bonchev–Trinajstić information content (AvgIpc) is 3.16. The van der Waals surface area contributed by atoms with Crippen molar-refractivity contribution in [3.8, 4) is 0 Å². The second-order valence-corrected chi connectivity index (χ2v) is 7.25. The number of hydrogen-bond acceptors (Lipinski definition) is 5. The van der Waals surface area contributed by atoms with Gasteiger partial charge < -0.3 is 9.32 Å². The van der Waals surface area contributed by atoms with Gasteiger partial charge in [0.2, 0.25) is 0 Å². The minimum Gasteiger partial charge on any atom is -0.459 e. The second kappa shape index (κ2) is 6.93. The van der Waals surface area contributed by atoms with Gasteiger partial charge in [-0.15, -0.1) is 0 Å². The molecule has 0 saturated carbocycles. The predicted molar refractivity (Wildman–Crippen MR) is 98.3 cm³/mol. The number of carbonyl (C=O) groups is 1. The Morgan fingerprint density at radius 3 is 2.79 bits per heavy atom. The van der Waals surface area contributed by atoms with E-state index in [2.05, 4.69) is 4.98 Å². The highest BCUT2D eigenvalue weighted by Gasteiger charge is 2.23. The van der Waals surface area contributed by atoms with E-state index in [1.165, 1.54) is 17.6 Å². The Hall–Kier alpha value is -1.89. The van der Waals surface area contributed by atoms with Crippen molar-refractivity contribution in [2.45, 2.75) is 6.92 Å². The highest BCUT2D eigenvalue weighted by atomic mass is 35.5. The fourth-order valence-corrected chi connectivity index (χ4v) is 3.82. The van der Waals surface area contributed by atoms with Gasteiger partial charge >= 0.3 is 0 Å². The van der Waals surface area contributed by atoms with Crippen LogP contribution < -0.4 is 4.90 Å². The molecule has 0 atom stereocenters. The molecule has 0 radical (unpaired) electrons. The summed E-state index contributed by atoms with van der Waals surface area (Å²) in [6, 6.07) is 7.14. The number of anilines is 1. The van der Waals surface area contributed by atoms with Crippen LogP contribution in [0.15, 0.2) is 34.9 Å². The lowest BCUT2D eigenvalue weighted by atomic mass is 10.2. The minimum absolute atomic E-state index is 0.190. The summed E-state index contributed by atoms with van der Waals surface area (Å²) in [5, 5.41) is 1.33. The van der Waals surface area contributed by atoms with Crippen LogP contribution in [0.3, 0.4) is 0 Å². The molecule has 0 fully saturated rings. The van der Waals surface area contributed by atoms with Crippen molar-refractivity contribution in [1.82, 2.24) is 9.88 Å². The van der Waals surface area contributed by atoms with Crippen LogP contribution in [0.25, 0.3) is 10.2 Å². The fourth-order valence-electron chi connectivity index (χ4n) is 2.38. The summed E-state index contributed by atoms with van der Waals surface area (Å²) in [7, 11) is 3.94. The number of thiazole rings is 1. The van der Waals surface area contributed by atoms with Crippen LogP contribution in [0.4, 0.5) is 5.13 Å². The van der Waals surface area contributed by atoms with Crippen molar-refractivity contribution in [1.29, 1.82) is 0 Å². The molecule has 1 aromatic carbocycles. The van der Waals surface area contributed by atoms with Crippen molar-refractivity contribution >= 4 is 44.2 Å². The summed E-state index contributed by atoms with van der Waals surface area (Å²) in [5.41, 5.74) is 1.87. The predicted octanol–water partition coefficient (Wildman–Crippen LogP) is 4.06. The number of hydrogen-bond donors (Lipinski definition) is 0. The molecule has 0 aliphatic rings. The third-order valence-electron chi connectivity index (χ3n) is 3.62. The van der Waals surface area contributed by atoms with Crippen LogP contribution in [0, 0.1) is 6.92 Å². The van der Waals surface area contributed by atoms with Gasteiger partial charge in [0.1, 0.15) is 0 Å². The van der Waals surface area contributed by atoms with E-state index in [1.807, 2.05) is 38.1 Å². The molecule has 2 heterocycles. The van der Waals surface area contributed by atoms with Crippen LogP contribution in [-0.4, -0.2) is 43.0 Å². The van der Waals surface area contributed by atoms with Gasteiger partial charge in [-0.2, -0.15) is 0 Å². The number of aryl methyl sites for hydroxylation is 1. The highest BCUT2D eigenvalue weighted by molar-refractivity contribution is 7.22. The molecule has 7 heteroatoms. The molecule has 126 valence electrons. The number of rotatable bonds is 5. The molecule has 0 spiro atoms. The maximum Gasteiger partial charge on any atom is 0.295 e. The topological polar surface area (TPSA) is 49.6 Å². The maximum absolute atomic E-state index is 12.8. The smallest absolute Gasteiger partial charge is 0.295 e. The van der Waals surface area contributed by atoms with Gasteiger partial charge in [0, 0.05) is 18.1 Å². The standard InChI is InChI=1S/C17H18ClN3O2S/c1-11-9-12(18)10-14-15(11)19-17(24-14)21(7-6-20(2)3)16(22)13-5-4-8-23-13/h4-5,8-10H,6-7H2,1-3H3. The van der Waals surface area contributed by atoms with Crippen LogP contribution >= 0.6 is 22.9 Å². The van der Waals surface area contributed by atoms with Crippen LogP contribution in [0.5, 0.6) is 0 Å². The van der Waals surface area contributed by atoms with Gasteiger partial charge in [-0.05, 0) is 50.8 Å². The molecule has 0 saturated heterocycles. The van der Waals surface area contributed by atoms with Crippen LogP contribution in [-0.2, 0) is 0 Å². The maximum atomic E-state index is 12.8. The SMILES string of the molecule is Cc1cc(Cl)cc2sc(N(CCN(C)C)C(=O)c3ccco3)nc12. The Morgan fingerprint density at radius 1 is 1.33 bits per heavy atom. The lowest BCUT2D eigenvalue weighted by molar-refractivity contribution is 0.0958. The third kappa shape index (κ3) is 3.45. The molecule has 5 nitrogen and oxygen atoms in total. The molecule has 0 aliphatic heterocycles. The number of amides is 1. The fraction of sp³-hybridized carbons (Fsp3) is 0.294. The van der Waals surface area contributed by atoms with E-state index in [4.69, 9.17) is 16.0 Å². The Balaban J connectivity index is 2.01. The van der Waals surface area contributed by atoms with Crippen molar-refractivity contribution in [3.05, 3.63) is 46.9 Å². The van der Waals surface area contributed by atoms with Crippen molar-refractivity contribution in [3.63, 3.8) is 0 Å². The average molecular weight is 364 g/mol. The monoisotopic (exact) mass is 363 g/mol. The molecule has 3 rings (SSSR count). The number of fused-ring (bicyclic) bond motifs is 1. The van der Waals surface area contributed by atoms with Crippen molar-refractivity contribution in [2.75, 3.05) is 32.1 Å². The molecular weight excluding hydrogens is 346 g/mol. The van der Waals surface area contributed by atoms with E-state index in [9.17, 15) is 4.79 Å². The lowest BCUT2D eigenvalue weighted by Gasteiger charge is -2.20. The lowest BCUT2D eigenvalue weighted by Crippen LogP contribution is -2.36. The summed E-state index contributed by atoms with van der Waals surface area (Å²) < 4.78 is 6.24. The number of likely N-dealkylation sites (N-methyl/N-ethyl adjacent to an activating group) is 1. The molecule has 2 aromatic heterocycles. The van der Waals surface area contributed by atoms with Gasteiger partial charge in [-0.3, -0.25) is 9.69 Å². The van der Waals surface area contributed by atoms with Gasteiger partial charge in [0.15, 0.2) is 10.9 Å². The number of benzene rings is 1. The molecule has 0 unspecified atom stereocenters. The zero-order chi connectivity index (χ0) is 17.3. The summed E-state index contributed by atoms with van der Waals surface area (Å²) >= 11 is 7.60. The first-order valence-corrected chi connectivity index (χ1v) is 8.72. The summed E-state index contributed by atoms with van der Waals surface area (Å²) in [6.07, 6.45) is 1.50. The van der Waals surface area contributed by atoms with Crippen LogP contribution in [0.1, 0.15) is 16.1 Å². The molecular formula is C17H18ClN3O2S. The molecule has 0 N–H and O–H groups in total. The van der Waals surface area contributed by atoms with E-state index in [0.29, 0.717) is 22.5 Å². The molecule has 0 bridgehead atoms. The van der Waals surface area contributed by atoms with Gasteiger partial charge in [-0.1, -0.05) is 22.9 Å². The summed E-state index contributed by atoms with van der Waals surface area (Å²) in [4.78, 5) is 21.2. The first kappa shape index (κ1) is 17.0. The minimum atomic E-state index is -0.190. The van der Waals surface area contributed by atoms with Crippen molar-refractivity contribution < 1.29 is 9.21 Å².